The summed E-state index contributed by atoms with van der Waals surface area (Å²) in [7, 11) is 1.67. The van der Waals surface area contributed by atoms with Crippen molar-refractivity contribution in [1.29, 1.82) is 0 Å². The van der Waals surface area contributed by atoms with Crippen molar-refractivity contribution in [3.8, 4) is 5.75 Å². The number of hydrogen-bond acceptors (Lipinski definition) is 3. The van der Waals surface area contributed by atoms with Crippen molar-refractivity contribution in [3.63, 3.8) is 0 Å². The molecule has 0 saturated heterocycles. The summed E-state index contributed by atoms with van der Waals surface area (Å²) in [5, 5.41) is 4.11. The molecule has 0 amide bonds. The lowest BCUT2D eigenvalue weighted by molar-refractivity contribution is 0.319. The van der Waals surface area contributed by atoms with Gasteiger partial charge in [-0.2, -0.15) is 0 Å². The van der Waals surface area contributed by atoms with E-state index in [0.717, 1.165) is 48.0 Å². The lowest BCUT2D eigenvalue weighted by Gasteiger charge is -2.30. The highest BCUT2D eigenvalue weighted by atomic mass is 32.1. The Morgan fingerprint density at radius 3 is 2.77 bits per heavy atom. The van der Waals surface area contributed by atoms with E-state index in [0.29, 0.717) is 5.92 Å². The number of allylic oxidation sites excluding steroid dienone is 2. The summed E-state index contributed by atoms with van der Waals surface area (Å²) >= 11 is 5.73. The molecule has 0 bridgehead atoms. The lowest BCUT2D eigenvalue weighted by Crippen LogP contribution is -2.38. The van der Waals surface area contributed by atoms with Crippen LogP contribution >= 0.6 is 12.2 Å². The molecule has 1 aromatic carbocycles. The number of ether oxygens (including phenoxy) is 1. The van der Waals surface area contributed by atoms with E-state index in [9.17, 15) is 0 Å². The summed E-state index contributed by atoms with van der Waals surface area (Å²) in [6, 6.07) is 11.9. The Kier molecular flexibility index (Phi) is 6.61. The van der Waals surface area contributed by atoms with Gasteiger partial charge < -0.3 is 15.0 Å². The molecule has 1 atom stereocenters. The molecule has 1 N–H and O–H groups in total. The van der Waals surface area contributed by atoms with Crippen LogP contribution in [0.15, 0.2) is 60.9 Å². The molecule has 1 heterocycles. The molecule has 4 nitrogen and oxygen atoms in total. The number of nitrogens with one attached hydrogen (secondary N) is 1. The summed E-state index contributed by atoms with van der Waals surface area (Å²) in [5.41, 5.74) is 2.13. The predicted molar refractivity (Wildman–Crippen MR) is 110 cm³/mol. The van der Waals surface area contributed by atoms with Crippen LogP contribution in [0.4, 0.5) is 5.69 Å². The fraction of sp³-hybridized carbons (Fsp3) is 0.333. The summed E-state index contributed by atoms with van der Waals surface area (Å²) in [6.07, 6.45) is 11.8. The Balaban J connectivity index is 1.69. The third kappa shape index (κ3) is 5.30. The lowest BCUT2D eigenvalue weighted by atomic mass is 9.94. The minimum atomic E-state index is 0.632. The van der Waals surface area contributed by atoms with Gasteiger partial charge in [-0.15, -0.1) is 0 Å². The van der Waals surface area contributed by atoms with Gasteiger partial charge in [0.15, 0.2) is 5.11 Å². The Labute approximate surface area is 160 Å². The average molecular weight is 368 g/mol. The molecular weight excluding hydrogens is 342 g/mol. The number of nitrogens with zero attached hydrogens (tertiary/aromatic N) is 2. The minimum absolute atomic E-state index is 0.632. The Hall–Kier alpha value is -2.40. The Bertz CT molecular complexity index is 731. The van der Waals surface area contributed by atoms with Gasteiger partial charge in [-0.05, 0) is 73.3 Å². The second kappa shape index (κ2) is 9.34. The fourth-order valence-corrected chi connectivity index (χ4v) is 3.40. The highest BCUT2D eigenvalue weighted by molar-refractivity contribution is 7.80. The largest absolute Gasteiger partial charge is 0.497 e. The maximum atomic E-state index is 5.73. The monoisotopic (exact) mass is 367 g/mol. The van der Waals surface area contributed by atoms with Crippen LogP contribution in [0.2, 0.25) is 0 Å². The summed E-state index contributed by atoms with van der Waals surface area (Å²) < 4.78 is 5.22. The van der Waals surface area contributed by atoms with E-state index in [1.165, 1.54) is 6.42 Å². The van der Waals surface area contributed by atoms with Gasteiger partial charge in [0.05, 0.1) is 7.11 Å². The molecule has 0 radical (unpaired) electrons. The maximum absolute atomic E-state index is 5.73. The normalized spacial score (nSPS) is 16.1. The van der Waals surface area contributed by atoms with Crippen molar-refractivity contribution in [2.24, 2.45) is 5.92 Å². The van der Waals surface area contributed by atoms with Crippen LogP contribution in [0.5, 0.6) is 5.75 Å². The smallest absolute Gasteiger partial charge is 0.173 e. The molecule has 1 aliphatic rings. The van der Waals surface area contributed by atoms with Gasteiger partial charge in [-0.1, -0.05) is 18.2 Å². The molecule has 26 heavy (non-hydrogen) atoms. The van der Waals surface area contributed by atoms with Crippen LogP contribution in [-0.4, -0.2) is 28.7 Å². The van der Waals surface area contributed by atoms with E-state index < -0.39 is 0 Å². The quantitative estimate of drug-likeness (QED) is 0.594. The summed E-state index contributed by atoms with van der Waals surface area (Å²) in [6.45, 7) is 1.71. The van der Waals surface area contributed by atoms with Gasteiger partial charge in [0.1, 0.15) is 5.75 Å². The topological polar surface area (TPSA) is 37.4 Å². The van der Waals surface area contributed by atoms with Gasteiger partial charge in [0.2, 0.25) is 0 Å². The van der Waals surface area contributed by atoms with E-state index in [1.807, 2.05) is 36.5 Å². The van der Waals surface area contributed by atoms with Crippen molar-refractivity contribution in [2.75, 3.05) is 19.0 Å². The number of hydrogen-bond donors (Lipinski definition) is 1. The first-order valence-corrected chi connectivity index (χ1v) is 9.39. The Morgan fingerprint density at radius 1 is 1.27 bits per heavy atom. The molecule has 0 spiro atoms. The maximum Gasteiger partial charge on any atom is 0.173 e. The molecule has 1 aliphatic carbocycles. The molecule has 0 aliphatic heterocycles. The number of rotatable bonds is 6. The van der Waals surface area contributed by atoms with Crippen molar-refractivity contribution in [3.05, 3.63) is 66.5 Å². The van der Waals surface area contributed by atoms with Crippen LogP contribution in [0.25, 0.3) is 0 Å². The third-order valence-electron chi connectivity index (χ3n) is 4.58. The molecule has 1 unspecified atom stereocenters. The van der Waals surface area contributed by atoms with Crippen molar-refractivity contribution < 1.29 is 4.74 Å². The molecule has 2 aromatic rings. The Morgan fingerprint density at radius 2 is 2.12 bits per heavy atom. The third-order valence-corrected chi connectivity index (χ3v) is 4.94. The highest BCUT2D eigenvalue weighted by Gasteiger charge is 2.18. The van der Waals surface area contributed by atoms with Crippen LogP contribution < -0.4 is 10.1 Å². The van der Waals surface area contributed by atoms with Gasteiger partial charge in [-0.3, -0.25) is 4.98 Å². The zero-order chi connectivity index (χ0) is 18.2. The fourth-order valence-electron chi connectivity index (χ4n) is 3.14. The molecule has 3 rings (SSSR count). The van der Waals surface area contributed by atoms with Gasteiger partial charge in [0, 0.05) is 31.2 Å². The first-order valence-electron chi connectivity index (χ1n) is 8.98. The summed E-state index contributed by atoms with van der Waals surface area (Å²) in [4.78, 5) is 6.48. The first kappa shape index (κ1) is 18.4. The number of thiocarbonyl (C=S) groups is 1. The van der Waals surface area contributed by atoms with E-state index in [2.05, 4.69) is 33.4 Å². The second-order valence-electron chi connectivity index (χ2n) is 6.55. The van der Waals surface area contributed by atoms with Gasteiger partial charge in [-0.25, -0.2) is 0 Å². The molecular formula is C21H25N3OS. The predicted octanol–water partition coefficient (Wildman–Crippen LogP) is 4.65. The molecule has 0 fully saturated rings. The van der Waals surface area contributed by atoms with Crippen molar-refractivity contribution in [2.45, 2.75) is 25.8 Å². The number of methoxy groups -OCH3 is 1. The van der Waals surface area contributed by atoms with Crippen molar-refractivity contribution in [1.82, 2.24) is 9.88 Å². The SMILES string of the molecule is COc1ccc(NC(=S)N(Cc2cccnc2)CC2CC=CCC2)cc1. The first-order chi connectivity index (χ1) is 12.7. The van der Waals surface area contributed by atoms with Gasteiger partial charge in [0.25, 0.3) is 0 Å². The van der Waals surface area contributed by atoms with Crippen LogP contribution in [-0.2, 0) is 6.54 Å². The zero-order valence-electron chi connectivity index (χ0n) is 15.1. The minimum Gasteiger partial charge on any atom is -0.497 e. The van der Waals surface area contributed by atoms with Gasteiger partial charge >= 0.3 is 0 Å². The van der Waals surface area contributed by atoms with E-state index >= 15 is 0 Å². The summed E-state index contributed by atoms with van der Waals surface area (Å²) in [5.74, 6) is 1.47. The van der Waals surface area contributed by atoms with E-state index in [1.54, 1.807) is 13.3 Å². The zero-order valence-corrected chi connectivity index (χ0v) is 15.9. The standard InChI is InChI=1S/C21H25N3OS/c1-25-20-11-9-19(10-12-20)23-21(26)24(15-17-6-3-2-4-7-17)16-18-8-5-13-22-14-18/h2-3,5,8-14,17H,4,6-7,15-16H2,1H3,(H,23,26). The number of pyridine rings is 1. The molecule has 1 aromatic heterocycles. The molecule has 0 saturated carbocycles. The van der Waals surface area contributed by atoms with E-state index in [4.69, 9.17) is 17.0 Å². The number of benzene rings is 1. The van der Waals surface area contributed by atoms with Crippen molar-refractivity contribution >= 4 is 23.0 Å². The molecule has 5 heteroatoms. The van der Waals surface area contributed by atoms with E-state index in [-0.39, 0.29) is 0 Å². The number of aromatic nitrogens is 1. The van der Waals surface area contributed by atoms with Crippen LogP contribution in [0.1, 0.15) is 24.8 Å². The van der Waals surface area contributed by atoms with Crippen LogP contribution in [0, 0.1) is 5.92 Å². The number of anilines is 1. The van der Waals surface area contributed by atoms with Crippen LogP contribution in [0.3, 0.4) is 0 Å². The second-order valence-corrected chi connectivity index (χ2v) is 6.94. The average Bonchev–Trinajstić information content (AvgIpc) is 2.69. The highest BCUT2D eigenvalue weighted by Crippen LogP contribution is 2.21. The molecule has 136 valence electrons.